The van der Waals surface area contributed by atoms with Crippen molar-refractivity contribution in [1.29, 1.82) is 0 Å². The maximum absolute atomic E-state index is 11.2. The molecule has 1 saturated heterocycles. The Morgan fingerprint density at radius 1 is 1.82 bits per heavy atom. The van der Waals surface area contributed by atoms with Crippen LogP contribution in [0.25, 0.3) is 0 Å². The third kappa shape index (κ3) is 1.52. The van der Waals surface area contributed by atoms with Crippen molar-refractivity contribution in [3.63, 3.8) is 0 Å². The fourth-order valence-electron chi connectivity index (χ4n) is 1.01. The number of morpholine rings is 1. The molecule has 11 heavy (non-hydrogen) atoms. The molecule has 64 valence electrons. The zero-order valence-corrected chi connectivity index (χ0v) is 6.78. The Morgan fingerprint density at radius 2 is 2.45 bits per heavy atom. The number of hydrogen-bond acceptors (Lipinski definition) is 3. The second kappa shape index (κ2) is 3.19. The Balaban J connectivity index is 2.59. The normalized spacial score (nSPS) is 32.6. The van der Waals surface area contributed by atoms with Crippen LogP contribution in [0.2, 0.25) is 0 Å². The Bertz CT molecular complexity index is 156. The summed E-state index contributed by atoms with van der Waals surface area (Å²) in [6, 6.07) is 0.116. The molecule has 0 saturated carbocycles. The van der Waals surface area contributed by atoms with Crippen molar-refractivity contribution >= 4 is 5.91 Å². The minimum atomic E-state index is -0.642. The van der Waals surface area contributed by atoms with Crippen molar-refractivity contribution in [3.05, 3.63) is 0 Å². The van der Waals surface area contributed by atoms with E-state index >= 15 is 0 Å². The van der Waals surface area contributed by atoms with Gasteiger partial charge in [-0.25, -0.2) is 0 Å². The number of rotatable bonds is 1. The first-order chi connectivity index (χ1) is 5.16. The quantitative estimate of drug-likeness (QED) is 0.546. The Hall–Kier alpha value is -0.610. The summed E-state index contributed by atoms with van der Waals surface area (Å²) in [5.41, 5.74) is 0. The van der Waals surface area contributed by atoms with Crippen molar-refractivity contribution < 1.29 is 14.6 Å². The highest BCUT2D eigenvalue weighted by molar-refractivity contribution is 5.81. The van der Waals surface area contributed by atoms with Crippen molar-refractivity contribution in [1.82, 2.24) is 4.90 Å². The molecule has 2 unspecified atom stereocenters. The maximum Gasteiger partial charge on any atom is 0.254 e. The lowest BCUT2D eigenvalue weighted by atomic mass is 10.2. The van der Waals surface area contributed by atoms with E-state index in [1.165, 1.54) is 0 Å². The van der Waals surface area contributed by atoms with Crippen molar-refractivity contribution in [2.24, 2.45) is 0 Å². The molecule has 0 aromatic heterocycles. The summed E-state index contributed by atoms with van der Waals surface area (Å²) in [5.74, 6) is -0.133. The zero-order chi connectivity index (χ0) is 8.43. The highest BCUT2D eigenvalue weighted by atomic mass is 16.5. The van der Waals surface area contributed by atoms with Gasteiger partial charge in [-0.05, 0) is 6.92 Å². The molecule has 0 bridgehead atoms. The van der Waals surface area contributed by atoms with Gasteiger partial charge in [0.25, 0.3) is 5.91 Å². The van der Waals surface area contributed by atoms with Gasteiger partial charge in [0.1, 0.15) is 0 Å². The summed E-state index contributed by atoms with van der Waals surface area (Å²) < 4.78 is 5.08. The molecule has 0 spiro atoms. The summed E-state index contributed by atoms with van der Waals surface area (Å²) in [6.07, 6.45) is -0.642. The van der Waals surface area contributed by atoms with E-state index in [1.54, 1.807) is 11.9 Å². The minimum Gasteiger partial charge on any atom is -0.393 e. The second-order valence-corrected chi connectivity index (χ2v) is 2.80. The standard InChI is InChI=1S/C7H13NO3/c1-5-4-11-6(3-9)7(10)8(5)2/h5-6,9H,3-4H2,1-2H3. The van der Waals surface area contributed by atoms with E-state index < -0.39 is 6.10 Å². The molecule has 1 heterocycles. The van der Waals surface area contributed by atoms with E-state index in [9.17, 15) is 4.79 Å². The highest BCUT2D eigenvalue weighted by Crippen LogP contribution is 2.09. The fraction of sp³-hybridized carbons (Fsp3) is 0.857. The molecular formula is C7H13NO3. The van der Waals surface area contributed by atoms with Gasteiger partial charge < -0.3 is 14.7 Å². The molecule has 1 fully saturated rings. The fourth-order valence-corrected chi connectivity index (χ4v) is 1.01. The largest absolute Gasteiger partial charge is 0.393 e. The molecule has 2 atom stereocenters. The molecule has 0 aromatic carbocycles. The SMILES string of the molecule is CC1COC(CO)C(=O)N1C. The van der Waals surface area contributed by atoms with Gasteiger partial charge in [0.2, 0.25) is 0 Å². The van der Waals surface area contributed by atoms with Crippen LogP contribution in [0.3, 0.4) is 0 Å². The molecule has 4 nitrogen and oxygen atoms in total. The number of carbonyl (C=O) groups is 1. The van der Waals surface area contributed by atoms with Gasteiger partial charge >= 0.3 is 0 Å². The van der Waals surface area contributed by atoms with Crippen LogP contribution in [0.1, 0.15) is 6.92 Å². The molecule has 1 N–H and O–H groups in total. The lowest BCUT2D eigenvalue weighted by molar-refractivity contribution is -0.159. The van der Waals surface area contributed by atoms with Crippen LogP contribution in [0.15, 0.2) is 0 Å². The molecular weight excluding hydrogens is 146 g/mol. The number of likely N-dealkylation sites (N-methyl/N-ethyl adjacent to an activating group) is 1. The van der Waals surface area contributed by atoms with Crippen LogP contribution in [0.4, 0.5) is 0 Å². The monoisotopic (exact) mass is 159 g/mol. The van der Waals surface area contributed by atoms with Gasteiger partial charge in [-0.3, -0.25) is 4.79 Å². The van der Waals surface area contributed by atoms with Gasteiger partial charge in [-0.1, -0.05) is 0 Å². The Kier molecular flexibility index (Phi) is 2.46. The van der Waals surface area contributed by atoms with E-state index in [0.717, 1.165) is 0 Å². The van der Waals surface area contributed by atoms with E-state index in [2.05, 4.69) is 0 Å². The van der Waals surface area contributed by atoms with Gasteiger partial charge in [-0.15, -0.1) is 0 Å². The molecule has 1 aliphatic heterocycles. The van der Waals surface area contributed by atoms with Crippen LogP contribution >= 0.6 is 0 Å². The first-order valence-corrected chi connectivity index (χ1v) is 3.66. The number of amides is 1. The second-order valence-electron chi connectivity index (χ2n) is 2.80. The molecule has 0 radical (unpaired) electrons. The molecule has 0 aliphatic carbocycles. The molecule has 1 amide bonds. The van der Waals surface area contributed by atoms with Crippen LogP contribution in [0, 0.1) is 0 Å². The van der Waals surface area contributed by atoms with Gasteiger partial charge in [0.05, 0.1) is 19.3 Å². The Labute approximate surface area is 65.8 Å². The van der Waals surface area contributed by atoms with Crippen molar-refractivity contribution in [2.45, 2.75) is 19.1 Å². The smallest absolute Gasteiger partial charge is 0.254 e. The van der Waals surface area contributed by atoms with Crippen LogP contribution in [0.5, 0.6) is 0 Å². The third-order valence-corrected chi connectivity index (χ3v) is 1.99. The first-order valence-electron chi connectivity index (χ1n) is 3.66. The summed E-state index contributed by atoms with van der Waals surface area (Å²) in [6.45, 7) is 2.19. The van der Waals surface area contributed by atoms with Gasteiger partial charge in [-0.2, -0.15) is 0 Å². The summed E-state index contributed by atoms with van der Waals surface area (Å²) in [4.78, 5) is 12.8. The number of aliphatic hydroxyl groups excluding tert-OH is 1. The zero-order valence-electron chi connectivity index (χ0n) is 6.78. The van der Waals surface area contributed by atoms with E-state index in [0.29, 0.717) is 6.61 Å². The van der Waals surface area contributed by atoms with Gasteiger partial charge in [0.15, 0.2) is 6.10 Å². The summed E-state index contributed by atoms with van der Waals surface area (Å²) in [7, 11) is 1.72. The summed E-state index contributed by atoms with van der Waals surface area (Å²) in [5, 5.41) is 8.69. The van der Waals surface area contributed by atoms with E-state index in [-0.39, 0.29) is 18.6 Å². The molecule has 1 aliphatic rings. The average Bonchev–Trinajstić information content (AvgIpc) is 2.01. The molecule has 0 aromatic rings. The number of carbonyl (C=O) groups excluding carboxylic acids is 1. The predicted molar refractivity (Wildman–Crippen MR) is 39.1 cm³/mol. The van der Waals surface area contributed by atoms with Gasteiger partial charge in [0, 0.05) is 7.05 Å². The maximum atomic E-state index is 11.2. The lowest BCUT2D eigenvalue weighted by Gasteiger charge is -2.33. The minimum absolute atomic E-state index is 0.116. The number of hydrogen-bond donors (Lipinski definition) is 1. The number of aliphatic hydroxyl groups is 1. The van der Waals surface area contributed by atoms with Crippen LogP contribution in [-0.2, 0) is 9.53 Å². The van der Waals surface area contributed by atoms with Crippen LogP contribution in [-0.4, -0.2) is 48.3 Å². The molecule has 1 rings (SSSR count). The van der Waals surface area contributed by atoms with Crippen LogP contribution < -0.4 is 0 Å². The predicted octanol–water partition coefficient (Wildman–Crippen LogP) is -0.776. The number of nitrogens with zero attached hydrogens (tertiary/aromatic N) is 1. The third-order valence-electron chi connectivity index (χ3n) is 1.99. The first kappa shape index (κ1) is 8.49. The highest BCUT2D eigenvalue weighted by Gasteiger charge is 2.30. The van der Waals surface area contributed by atoms with E-state index in [1.807, 2.05) is 6.92 Å². The number of ether oxygens (including phenoxy) is 1. The Morgan fingerprint density at radius 3 is 3.00 bits per heavy atom. The van der Waals surface area contributed by atoms with Crippen molar-refractivity contribution in [3.8, 4) is 0 Å². The van der Waals surface area contributed by atoms with Crippen molar-refractivity contribution in [2.75, 3.05) is 20.3 Å². The molecule has 4 heteroatoms. The summed E-state index contributed by atoms with van der Waals surface area (Å²) >= 11 is 0. The topological polar surface area (TPSA) is 49.8 Å². The van der Waals surface area contributed by atoms with E-state index in [4.69, 9.17) is 9.84 Å². The average molecular weight is 159 g/mol. The lowest BCUT2D eigenvalue weighted by Crippen LogP contribution is -2.51.